The number of Topliss-reactive ketones (excluding diaryl/α,β-unsaturated/α-hetero) is 1. The molecule has 14 heavy (non-hydrogen) atoms. The second kappa shape index (κ2) is 4.12. The number of hydrogen-bond acceptors (Lipinski definition) is 1. The fraction of sp³-hybridized carbons (Fsp3) is 0.615. The minimum absolute atomic E-state index is 0.145. The molecule has 0 bridgehead atoms. The van der Waals surface area contributed by atoms with Crippen LogP contribution in [0.25, 0.3) is 0 Å². The van der Waals surface area contributed by atoms with Crippen molar-refractivity contribution in [1.82, 2.24) is 0 Å². The fourth-order valence-electron chi connectivity index (χ4n) is 2.16. The molecule has 0 aliphatic heterocycles. The molecule has 1 nitrogen and oxygen atoms in total. The lowest BCUT2D eigenvalue weighted by atomic mass is 9.68. The summed E-state index contributed by atoms with van der Waals surface area (Å²) in [4.78, 5) is 11.9. The molecule has 0 aromatic heterocycles. The van der Waals surface area contributed by atoms with Crippen LogP contribution in [-0.2, 0) is 4.79 Å². The molecule has 0 radical (unpaired) electrons. The van der Waals surface area contributed by atoms with Crippen LogP contribution in [0.5, 0.6) is 0 Å². The van der Waals surface area contributed by atoms with Gasteiger partial charge in [0.25, 0.3) is 0 Å². The van der Waals surface area contributed by atoms with Gasteiger partial charge < -0.3 is 0 Å². The molecule has 0 saturated heterocycles. The van der Waals surface area contributed by atoms with Crippen LogP contribution in [-0.4, -0.2) is 5.78 Å². The summed E-state index contributed by atoms with van der Waals surface area (Å²) in [7, 11) is 0. The molecule has 1 fully saturated rings. The standard InChI is InChI=1S/C13H20O/c1-5-7-13(4)8-6-11(10(2)3)9-12(13)14/h5,11H,1-2,6-9H2,3-4H3/t11-,13?/m0/s1. The molecule has 1 heteroatoms. The van der Waals surface area contributed by atoms with Gasteiger partial charge in [-0.25, -0.2) is 0 Å². The normalized spacial score (nSPS) is 32.7. The summed E-state index contributed by atoms with van der Waals surface area (Å²) in [5.74, 6) is 0.803. The van der Waals surface area contributed by atoms with Crippen LogP contribution in [0.3, 0.4) is 0 Å². The Morgan fingerprint density at radius 2 is 2.36 bits per heavy atom. The summed E-state index contributed by atoms with van der Waals surface area (Å²) in [6, 6.07) is 0. The number of hydrogen-bond donors (Lipinski definition) is 0. The molecule has 0 heterocycles. The first kappa shape index (κ1) is 11.2. The van der Waals surface area contributed by atoms with Crippen molar-refractivity contribution in [3.05, 3.63) is 24.8 Å². The average molecular weight is 192 g/mol. The molecule has 1 unspecified atom stereocenters. The molecular formula is C13H20O. The van der Waals surface area contributed by atoms with E-state index < -0.39 is 0 Å². The highest BCUT2D eigenvalue weighted by Crippen LogP contribution is 2.40. The summed E-state index contributed by atoms with van der Waals surface area (Å²) in [6.45, 7) is 11.7. The molecule has 1 saturated carbocycles. The van der Waals surface area contributed by atoms with E-state index in [-0.39, 0.29) is 5.41 Å². The van der Waals surface area contributed by atoms with Gasteiger partial charge in [-0.15, -0.1) is 6.58 Å². The first-order valence-corrected chi connectivity index (χ1v) is 5.29. The van der Waals surface area contributed by atoms with E-state index in [1.54, 1.807) is 0 Å². The summed E-state index contributed by atoms with van der Waals surface area (Å²) in [5.41, 5.74) is 1.01. The van der Waals surface area contributed by atoms with Crippen LogP contribution in [0.1, 0.15) is 39.5 Å². The first-order chi connectivity index (χ1) is 6.49. The Kier molecular flexibility index (Phi) is 3.30. The van der Waals surface area contributed by atoms with Crippen LogP contribution in [0, 0.1) is 11.3 Å². The molecular weight excluding hydrogens is 172 g/mol. The van der Waals surface area contributed by atoms with E-state index in [2.05, 4.69) is 20.1 Å². The fourth-order valence-corrected chi connectivity index (χ4v) is 2.16. The lowest BCUT2D eigenvalue weighted by Crippen LogP contribution is -2.34. The summed E-state index contributed by atoms with van der Waals surface area (Å²) in [6.07, 6.45) is 5.44. The van der Waals surface area contributed by atoms with Crippen molar-refractivity contribution in [2.75, 3.05) is 0 Å². The van der Waals surface area contributed by atoms with Gasteiger partial charge in [0.15, 0.2) is 0 Å². The maximum Gasteiger partial charge on any atom is 0.139 e. The molecule has 0 spiro atoms. The smallest absolute Gasteiger partial charge is 0.139 e. The SMILES string of the molecule is C=CCC1(C)CC[C@H](C(=C)C)CC1=O. The lowest BCUT2D eigenvalue weighted by Gasteiger charge is -2.35. The van der Waals surface area contributed by atoms with Gasteiger partial charge in [0.05, 0.1) is 0 Å². The van der Waals surface area contributed by atoms with Crippen molar-refractivity contribution in [3.63, 3.8) is 0 Å². The Morgan fingerprint density at radius 3 is 2.79 bits per heavy atom. The number of rotatable bonds is 3. The van der Waals surface area contributed by atoms with Gasteiger partial charge in [-0.1, -0.05) is 25.2 Å². The Balaban J connectivity index is 2.68. The zero-order chi connectivity index (χ0) is 10.8. The highest BCUT2D eigenvalue weighted by Gasteiger charge is 2.37. The third-order valence-electron chi connectivity index (χ3n) is 3.44. The monoisotopic (exact) mass is 192 g/mol. The van der Waals surface area contributed by atoms with Crippen LogP contribution in [0.15, 0.2) is 24.8 Å². The molecule has 1 rings (SSSR count). The highest BCUT2D eigenvalue weighted by atomic mass is 16.1. The maximum absolute atomic E-state index is 11.9. The van der Waals surface area contributed by atoms with Crippen LogP contribution in [0.4, 0.5) is 0 Å². The van der Waals surface area contributed by atoms with Crippen molar-refractivity contribution < 1.29 is 4.79 Å². The molecule has 1 aliphatic carbocycles. The van der Waals surface area contributed by atoms with Crippen molar-refractivity contribution in [3.8, 4) is 0 Å². The van der Waals surface area contributed by atoms with Crippen LogP contribution >= 0.6 is 0 Å². The molecule has 0 aromatic rings. The van der Waals surface area contributed by atoms with E-state index in [1.165, 1.54) is 0 Å². The Labute approximate surface area is 86.9 Å². The number of carbonyl (C=O) groups is 1. The number of ketones is 1. The van der Waals surface area contributed by atoms with E-state index >= 15 is 0 Å². The second-order valence-corrected chi connectivity index (χ2v) is 4.76. The zero-order valence-electron chi connectivity index (χ0n) is 9.31. The first-order valence-electron chi connectivity index (χ1n) is 5.29. The van der Waals surface area contributed by atoms with Crippen molar-refractivity contribution in [2.24, 2.45) is 11.3 Å². The molecule has 0 amide bonds. The molecule has 1 aliphatic rings. The van der Waals surface area contributed by atoms with Gasteiger partial charge in [-0.3, -0.25) is 4.79 Å². The van der Waals surface area contributed by atoms with E-state index in [4.69, 9.17) is 0 Å². The summed E-state index contributed by atoms with van der Waals surface area (Å²) >= 11 is 0. The van der Waals surface area contributed by atoms with Gasteiger partial charge in [-0.05, 0) is 32.1 Å². The predicted molar refractivity (Wildman–Crippen MR) is 60.1 cm³/mol. The lowest BCUT2D eigenvalue weighted by molar-refractivity contribution is -0.131. The average Bonchev–Trinajstić information content (AvgIpc) is 2.10. The Bertz CT molecular complexity index is 264. The van der Waals surface area contributed by atoms with Gasteiger partial charge in [0.1, 0.15) is 5.78 Å². The molecule has 0 aromatic carbocycles. The van der Waals surface area contributed by atoms with Gasteiger partial charge >= 0.3 is 0 Å². The summed E-state index contributed by atoms with van der Waals surface area (Å²) < 4.78 is 0. The predicted octanol–water partition coefficient (Wildman–Crippen LogP) is 3.51. The van der Waals surface area contributed by atoms with E-state index in [9.17, 15) is 4.79 Å². The quantitative estimate of drug-likeness (QED) is 0.625. The third kappa shape index (κ3) is 2.14. The van der Waals surface area contributed by atoms with Crippen LogP contribution in [0.2, 0.25) is 0 Å². The Morgan fingerprint density at radius 1 is 1.71 bits per heavy atom. The van der Waals surface area contributed by atoms with Crippen molar-refractivity contribution in [2.45, 2.75) is 39.5 Å². The highest BCUT2D eigenvalue weighted by molar-refractivity contribution is 5.85. The number of carbonyl (C=O) groups excluding carboxylic acids is 1. The maximum atomic E-state index is 11.9. The van der Waals surface area contributed by atoms with Crippen molar-refractivity contribution in [1.29, 1.82) is 0 Å². The minimum Gasteiger partial charge on any atom is -0.299 e. The van der Waals surface area contributed by atoms with E-state index in [0.717, 1.165) is 24.8 Å². The summed E-state index contributed by atoms with van der Waals surface area (Å²) in [5, 5.41) is 0. The Hall–Kier alpha value is -0.850. The minimum atomic E-state index is -0.145. The largest absolute Gasteiger partial charge is 0.299 e. The number of allylic oxidation sites excluding steroid dienone is 2. The van der Waals surface area contributed by atoms with E-state index in [0.29, 0.717) is 18.1 Å². The topological polar surface area (TPSA) is 17.1 Å². The van der Waals surface area contributed by atoms with Gasteiger partial charge in [0, 0.05) is 11.8 Å². The molecule has 2 atom stereocenters. The molecule has 78 valence electrons. The second-order valence-electron chi connectivity index (χ2n) is 4.76. The van der Waals surface area contributed by atoms with Crippen LogP contribution < -0.4 is 0 Å². The van der Waals surface area contributed by atoms with Gasteiger partial charge in [-0.2, -0.15) is 0 Å². The third-order valence-corrected chi connectivity index (χ3v) is 3.44. The zero-order valence-corrected chi connectivity index (χ0v) is 9.31. The van der Waals surface area contributed by atoms with Gasteiger partial charge in [0.2, 0.25) is 0 Å². The van der Waals surface area contributed by atoms with Crippen molar-refractivity contribution >= 4 is 5.78 Å². The van der Waals surface area contributed by atoms with E-state index in [1.807, 2.05) is 13.0 Å². The molecule has 0 N–H and O–H groups in total.